The van der Waals surface area contributed by atoms with Crippen LogP contribution in [0.15, 0.2) is 42.5 Å². The number of nitro benzene ring substituents is 1. The van der Waals surface area contributed by atoms with Gasteiger partial charge in [-0.2, -0.15) is 0 Å². The molecule has 2 aromatic rings. The monoisotopic (exact) mass is 396 g/mol. The first kappa shape index (κ1) is 20.0. The van der Waals surface area contributed by atoms with E-state index in [-0.39, 0.29) is 5.69 Å². The molecule has 0 radical (unpaired) electrons. The number of benzene rings is 2. The van der Waals surface area contributed by atoms with Crippen LogP contribution in [0.4, 0.5) is 16.2 Å². The van der Waals surface area contributed by atoms with E-state index in [0.717, 1.165) is 16.0 Å². The molecule has 1 aliphatic heterocycles. The number of hydrogen-bond acceptors (Lipinski definition) is 5. The van der Waals surface area contributed by atoms with E-state index in [4.69, 9.17) is 0 Å². The Hall–Kier alpha value is -3.75. The van der Waals surface area contributed by atoms with Gasteiger partial charge in [-0.1, -0.05) is 12.1 Å². The third-order valence-corrected chi connectivity index (χ3v) is 5.11. The molecule has 3 rings (SSSR count). The number of non-ortho nitro benzene ring substituents is 1. The number of nitrogens with zero attached hydrogens (tertiary/aromatic N) is 2. The molecule has 1 fully saturated rings. The number of amides is 4. The smallest absolute Gasteiger partial charge is 0.324 e. The first-order chi connectivity index (χ1) is 13.6. The SMILES string of the molecule is Cc1cccc(NC(=O)CN2C(=O)N[C@](C)(c3ccc([N+](=O)[O-])cc3)C2=O)c1C. The van der Waals surface area contributed by atoms with E-state index >= 15 is 0 Å². The van der Waals surface area contributed by atoms with Gasteiger partial charge in [0.05, 0.1) is 4.92 Å². The Morgan fingerprint density at radius 1 is 1.17 bits per heavy atom. The summed E-state index contributed by atoms with van der Waals surface area (Å²) in [4.78, 5) is 48.8. The highest BCUT2D eigenvalue weighted by Gasteiger charge is 2.49. The van der Waals surface area contributed by atoms with Gasteiger partial charge >= 0.3 is 6.03 Å². The highest BCUT2D eigenvalue weighted by molar-refractivity contribution is 6.10. The second kappa shape index (κ2) is 7.34. The number of hydrogen-bond donors (Lipinski definition) is 2. The molecule has 1 saturated heterocycles. The van der Waals surface area contributed by atoms with E-state index in [1.165, 1.54) is 31.2 Å². The van der Waals surface area contributed by atoms with Crippen LogP contribution in [0, 0.1) is 24.0 Å². The molecular weight excluding hydrogens is 376 g/mol. The van der Waals surface area contributed by atoms with Gasteiger partial charge in [0, 0.05) is 17.8 Å². The molecule has 29 heavy (non-hydrogen) atoms. The summed E-state index contributed by atoms with van der Waals surface area (Å²) >= 11 is 0. The van der Waals surface area contributed by atoms with E-state index < -0.39 is 34.9 Å². The molecule has 1 aliphatic rings. The van der Waals surface area contributed by atoms with Crippen LogP contribution in [0.25, 0.3) is 0 Å². The maximum atomic E-state index is 12.9. The van der Waals surface area contributed by atoms with Crippen molar-refractivity contribution in [1.29, 1.82) is 0 Å². The zero-order valence-corrected chi connectivity index (χ0v) is 16.2. The number of imide groups is 1. The van der Waals surface area contributed by atoms with Crippen molar-refractivity contribution in [3.05, 3.63) is 69.3 Å². The van der Waals surface area contributed by atoms with Gasteiger partial charge in [-0.05, 0) is 55.7 Å². The third-order valence-electron chi connectivity index (χ3n) is 5.11. The number of nitro groups is 1. The molecule has 9 heteroatoms. The lowest BCUT2D eigenvalue weighted by Crippen LogP contribution is -2.42. The molecule has 0 aromatic heterocycles. The van der Waals surface area contributed by atoms with Crippen molar-refractivity contribution in [3.63, 3.8) is 0 Å². The van der Waals surface area contributed by atoms with Crippen molar-refractivity contribution in [2.45, 2.75) is 26.3 Å². The van der Waals surface area contributed by atoms with Crippen LogP contribution < -0.4 is 10.6 Å². The Morgan fingerprint density at radius 3 is 2.45 bits per heavy atom. The third kappa shape index (κ3) is 3.66. The second-order valence-corrected chi connectivity index (χ2v) is 7.05. The highest BCUT2D eigenvalue weighted by atomic mass is 16.6. The highest BCUT2D eigenvalue weighted by Crippen LogP contribution is 2.30. The summed E-state index contributed by atoms with van der Waals surface area (Å²) in [5, 5.41) is 16.1. The topological polar surface area (TPSA) is 122 Å². The standard InChI is InChI=1S/C20H20N4O5/c1-12-5-4-6-16(13(12)2)21-17(25)11-23-18(26)20(3,22-19(23)27)14-7-9-15(10-8-14)24(28)29/h4-10H,11H2,1-3H3,(H,21,25)(H,22,27)/t20-/m1/s1. The van der Waals surface area contributed by atoms with Gasteiger partial charge < -0.3 is 10.6 Å². The van der Waals surface area contributed by atoms with Crippen LogP contribution in [-0.2, 0) is 15.1 Å². The number of urea groups is 1. The fraction of sp³-hybridized carbons (Fsp3) is 0.250. The van der Waals surface area contributed by atoms with Crippen LogP contribution in [0.2, 0.25) is 0 Å². The van der Waals surface area contributed by atoms with Crippen LogP contribution in [0.3, 0.4) is 0 Å². The van der Waals surface area contributed by atoms with Gasteiger partial charge in [0.1, 0.15) is 12.1 Å². The Kier molecular flexibility index (Phi) is 5.06. The van der Waals surface area contributed by atoms with Crippen molar-refractivity contribution in [2.75, 3.05) is 11.9 Å². The number of carbonyl (C=O) groups excluding carboxylic acids is 3. The first-order valence-corrected chi connectivity index (χ1v) is 8.88. The first-order valence-electron chi connectivity index (χ1n) is 8.88. The van der Waals surface area contributed by atoms with E-state index in [1.807, 2.05) is 19.9 Å². The number of nitrogens with one attached hydrogen (secondary N) is 2. The maximum absolute atomic E-state index is 12.9. The number of carbonyl (C=O) groups is 3. The lowest BCUT2D eigenvalue weighted by molar-refractivity contribution is -0.384. The van der Waals surface area contributed by atoms with Crippen molar-refractivity contribution < 1.29 is 19.3 Å². The minimum Gasteiger partial charge on any atom is -0.324 e. The molecule has 2 aromatic carbocycles. The van der Waals surface area contributed by atoms with Gasteiger partial charge in [-0.25, -0.2) is 4.79 Å². The minimum atomic E-state index is -1.41. The van der Waals surface area contributed by atoms with Crippen LogP contribution in [0.5, 0.6) is 0 Å². The molecule has 0 unspecified atom stereocenters. The van der Waals surface area contributed by atoms with Crippen LogP contribution in [0.1, 0.15) is 23.6 Å². The normalized spacial score (nSPS) is 18.5. The molecule has 4 amide bonds. The minimum absolute atomic E-state index is 0.126. The summed E-state index contributed by atoms with van der Waals surface area (Å²) in [5.74, 6) is -1.11. The predicted octanol–water partition coefficient (Wildman–Crippen LogP) is 2.62. The van der Waals surface area contributed by atoms with Crippen LogP contribution in [-0.4, -0.2) is 34.2 Å². The average molecular weight is 396 g/mol. The zero-order chi connectivity index (χ0) is 21.3. The average Bonchev–Trinajstić information content (AvgIpc) is 2.89. The molecule has 150 valence electrons. The largest absolute Gasteiger partial charge is 0.325 e. The Balaban J connectivity index is 1.77. The molecule has 0 bridgehead atoms. The maximum Gasteiger partial charge on any atom is 0.325 e. The number of aryl methyl sites for hydroxylation is 1. The molecule has 1 heterocycles. The summed E-state index contributed by atoms with van der Waals surface area (Å²) in [7, 11) is 0. The Morgan fingerprint density at radius 2 is 1.83 bits per heavy atom. The summed E-state index contributed by atoms with van der Waals surface area (Å²) in [5.41, 5.74) is 1.36. The van der Waals surface area contributed by atoms with Crippen LogP contribution >= 0.6 is 0 Å². The fourth-order valence-corrected chi connectivity index (χ4v) is 3.17. The predicted molar refractivity (Wildman–Crippen MR) is 105 cm³/mol. The molecule has 0 spiro atoms. The van der Waals surface area contributed by atoms with E-state index in [1.54, 1.807) is 12.1 Å². The quantitative estimate of drug-likeness (QED) is 0.457. The summed E-state index contributed by atoms with van der Waals surface area (Å²) in [6.45, 7) is 4.83. The molecule has 0 aliphatic carbocycles. The van der Waals surface area contributed by atoms with Crippen molar-refractivity contribution >= 4 is 29.2 Å². The molecule has 9 nitrogen and oxygen atoms in total. The Labute approximate surface area is 166 Å². The van der Waals surface area contributed by atoms with Gasteiger partial charge in [0.2, 0.25) is 5.91 Å². The molecule has 1 atom stereocenters. The van der Waals surface area contributed by atoms with Crippen molar-refractivity contribution in [1.82, 2.24) is 10.2 Å². The Bertz CT molecular complexity index is 1020. The van der Waals surface area contributed by atoms with Crippen molar-refractivity contribution in [3.8, 4) is 0 Å². The number of rotatable bonds is 5. The summed E-state index contributed by atoms with van der Waals surface area (Å²) < 4.78 is 0. The van der Waals surface area contributed by atoms with Gasteiger partial charge in [0.15, 0.2) is 0 Å². The fourth-order valence-electron chi connectivity index (χ4n) is 3.17. The van der Waals surface area contributed by atoms with Crippen molar-refractivity contribution in [2.24, 2.45) is 0 Å². The van der Waals surface area contributed by atoms with E-state index in [0.29, 0.717) is 11.3 Å². The number of anilines is 1. The molecular formula is C20H20N4O5. The summed E-state index contributed by atoms with van der Waals surface area (Å²) in [6.07, 6.45) is 0. The molecule has 0 saturated carbocycles. The zero-order valence-electron chi connectivity index (χ0n) is 16.2. The molecule has 2 N–H and O–H groups in total. The summed E-state index contributed by atoms with van der Waals surface area (Å²) in [6, 6.07) is 10.1. The lowest BCUT2D eigenvalue weighted by Gasteiger charge is -2.22. The van der Waals surface area contributed by atoms with E-state index in [9.17, 15) is 24.5 Å². The lowest BCUT2D eigenvalue weighted by atomic mass is 9.92. The van der Waals surface area contributed by atoms with Gasteiger partial charge in [-0.15, -0.1) is 0 Å². The van der Waals surface area contributed by atoms with Gasteiger partial charge in [-0.3, -0.25) is 24.6 Å². The van der Waals surface area contributed by atoms with E-state index in [2.05, 4.69) is 10.6 Å². The van der Waals surface area contributed by atoms with Gasteiger partial charge in [0.25, 0.3) is 11.6 Å². The second-order valence-electron chi connectivity index (χ2n) is 7.05.